The zero-order valence-corrected chi connectivity index (χ0v) is 19.2. The number of aliphatic hydroxyl groups is 1. The molecule has 1 heterocycles. The number of aliphatic imine (C=N–C) groups is 1. The molecule has 4 N–H and O–H groups in total. The molecule has 1 aromatic heterocycles. The molecule has 1 rings (SSSR count). The zero-order chi connectivity index (χ0) is 24.4. The number of anilines is 1. The monoisotopic (exact) mass is 442 g/mol. The molecule has 0 radical (unpaired) electrons. The lowest BCUT2D eigenvalue weighted by Crippen LogP contribution is -2.33. The first kappa shape index (κ1) is 30.4. The second kappa shape index (κ2) is 17.0. The van der Waals surface area contributed by atoms with Gasteiger partial charge in [0.15, 0.2) is 11.4 Å². The van der Waals surface area contributed by atoms with Crippen molar-refractivity contribution in [2.24, 2.45) is 10.9 Å². The number of carboxylic acid groups (broad SMARTS) is 1. The van der Waals surface area contributed by atoms with Crippen molar-refractivity contribution in [1.29, 1.82) is 0 Å². The molecule has 2 atom stereocenters. The number of nitrogens with two attached hydrogens (primary N) is 1. The SMILES string of the molecule is C#CC(CO)(CCC)OC.CCC(C)C=Nc1c(C)nc(F)nc1N.CCOC(=O)O. The third kappa shape index (κ3) is 13.2. The summed E-state index contributed by atoms with van der Waals surface area (Å²) in [4.78, 5) is 20.5. The summed E-state index contributed by atoms with van der Waals surface area (Å²) < 4.78 is 21.7. The number of ether oxygens (including phenoxy) is 2. The van der Waals surface area contributed by atoms with E-state index in [-0.39, 0.29) is 19.0 Å². The summed E-state index contributed by atoms with van der Waals surface area (Å²) in [5.74, 6) is 2.88. The fourth-order valence-electron chi connectivity index (χ4n) is 1.97. The Bertz CT molecular complexity index is 695. The summed E-state index contributed by atoms with van der Waals surface area (Å²) >= 11 is 0. The second-order valence-electron chi connectivity index (χ2n) is 6.43. The highest BCUT2D eigenvalue weighted by Crippen LogP contribution is 2.22. The Morgan fingerprint density at radius 2 is 2.03 bits per heavy atom. The molecule has 1 aromatic rings. The van der Waals surface area contributed by atoms with E-state index in [1.165, 1.54) is 7.11 Å². The molecule has 0 saturated carbocycles. The van der Waals surface area contributed by atoms with E-state index in [1.807, 2.05) is 13.8 Å². The third-order valence-electron chi connectivity index (χ3n) is 3.99. The fourth-order valence-corrected chi connectivity index (χ4v) is 1.97. The van der Waals surface area contributed by atoms with Gasteiger partial charge in [-0.05, 0) is 32.6 Å². The van der Waals surface area contributed by atoms with Crippen LogP contribution in [-0.2, 0) is 9.47 Å². The van der Waals surface area contributed by atoms with E-state index in [0.29, 0.717) is 23.7 Å². The topological polar surface area (TPSA) is 140 Å². The molecular formula is C21H35FN4O5. The van der Waals surface area contributed by atoms with Crippen LogP contribution < -0.4 is 5.73 Å². The molecule has 0 amide bonds. The molecule has 0 aliphatic heterocycles. The number of carbonyl (C=O) groups is 1. The standard InChI is InChI=1S/C10H15FN4.C8H14O2.C3H6O3/c1-4-6(2)5-13-8-7(3)14-10(11)15-9(8)12;1-4-6-8(5-2,7-9)10-3;1-2-6-3(4)5/h5-6H,4H2,1-3H3,(H2,12,14,15);2,9H,4,6-7H2,1,3H3;2H2,1H3,(H,4,5). The van der Waals surface area contributed by atoms with Crippen molar-refractivity contribution in [3.05, 3.63) is 11.8 Å². The normalized spacial score (nSPS) is 13.0. The molecule has 10 heteroatoms. The maximum absolute atomic E-state index is 12.7. The average Bonchev–Trinajstić information content (AvgIpc) is 2.72. The van der Waals surface area contributed by atoms with Gasteiger partial charge in [-0.15, -0.1) is 6.42 Å². The van der Waals surface area contributed by atoms with E-state index in [1.54, 1.807) is 20.1 Å². The van der Waals surface area contributed by atoms with Gasteiger partial charge in [0.05, 0.1) is 18.9 Å². The Morgan fingerprint density at radius 1 is 1.42 bits per heavy atom. The van der Waals surface area contributed by atoms with E-state index in [2.05, 4.69) is 32.5 Å². The maximum atomic E-state index is 12.7. The maximum Gasteiger partial charge on any atom is 0.505 e. The van der Waals surface area contributed by atoms with Crippen LogP contribution >= 0.6 is 0 Å². The van der Waals surface area contributed by atoms with Gasteiger partial charge in [0.2, 0.25) is 0 Å². The number of aromatic nitrogens is 2. The smallest absolute Gasteiger partial charge is 0.450 e. The highest BCUT2D eigenvalue weighted by molar-refractivity contribution is 5.71. The van der Waals surface area contributed by atoms with Crippen LogP contribution in [0.3, 0.4) is 0 Å². The first-order chi connectivity index (χ1) is 14.6. The molecule has 9 nitrogen and oxygen atoms in total. The molecule has 0 aromatic carbocycles. The lowest BCUT2D eigenvalue weighted by Gasteiger charge is -2.23. The van der Waals surface area contributed by atoms with Crippen LogP contribution in [0, 0.1) is 31.3 Å². The minimum absolute atomic E-state index is 0.0829. The summed E-state index contributed by atoms with van der Waals surface area (Å²) in [5, 5.41) is 16.5. The molecule has 0 saturated heterocycles. The van der Waals surface area contributed by atoms with Crippen LogP contribution in [-0.4, -0.2) is 58.5 Å². The van der Waals surface area contributed by atoms with Gasteiger partial charge in [-0.1, -0.05) is 33.1 Å². The van der Waals surface area contributed by atoms with Crippen LogP contribution in [0.5, 0.6) is 0 Å². The number of aryl methyl sites for hydroxylation is 1. The summed E-state index contributed by atoms with van der Waals surface area (Å²) in [6.45, 7) is 9.51. The molecule has 0 fully saturated rings. The molecule has 31 heavy (non-hydrogen) atoms. The predicted molar refractivity (Wildman–Crippen MR) is 119 cm³/mol. The van der Waals surface area contributed by atoms with Crippen molar-refractivity contribution in [3.8, 4) is 12.3 Å². The lowest BCUT2D eigenvalue weighted by atomic mass is 10.0. The Balaban J connectivity index is 0. The van der Waals surface area contributed by atoms with E-state index >= 15 is 0 Å². The fraction of sp³-hybridized carbons (Fsp3) is 0.619. The van der Waals surface area contributed by atoms with Crippen LogP contribution in [0.1, 0.15) is 52.7 Å². The minimum atomic E-state index is -1.21. The van der Waals surface area contributed by atoms with Gasteiger partial charge in [0.25, 0.3) is 0 Å². The number of hydrogen-bond acceptors (Lipinski definition) is 8. The highest BCUT2D eigenvalue weighted by atomic mass is 19.1. The number of hydrogen-bond donors (Lipinski definition) is 3. The second-order valence-corrected chi connectivity index (χ2v) is 6.43. The van der Waals surface area contributed by atoms with Crippen molar-refractivity contribution >= 4 is 23.9 Å². The Hall–Kier alpha value is -2.77. The van der Waals surface area contributed by atoms with Crippen molar-refractivity contribution in [3.63, 3.8) is 0 Å². The first-order valence-electron chi connectivity index (χ1n) is 9.89. The van der Waals surface area contributed by atoms with Gasteiger partial charge in [0, 0.05) is 13.3 Å². The Kier molecular flexibility index (Phi) is 16.7. The quantitative estimate of drug-likeness (QED) is 0.239. The number of nitrogens with zero attached hydrogens (tertiary/aromatic N) is 3. The van der Waals surface area contributed by atoms with Crippen LogP contribution in [0.4, 0.5) is 20.7 Å². The number of rotatable bonds is 8. The van der Waals surface area contributed by atoms with Crippen LogP contribution in [0.2, 0.25) is 0 Å². The summed E-state index contributed by atoms with van der Waals surface area (Å²) in [6, 6.07) is 0. The van der Waals surface area contributed by atoms with E-state index in [9.17, 15) is 9.18 Å². The van der Waals surface area contributed by atoms with Gasteiger partial charge in [-0.2, -0.15) is 9.37 Å². The van der Waals surface area contributed by atoms with Crippen molar-refractivity contribution < 1.29 is 28.9 Å². The average molecular weight is 443 g/mol. The van der Waals surface area contributed by atoms with Gasteiger partial charge < -0.3 is 25.4 Å². The molecule has 176 valence electrons. The number of methoxy groups -OCH3 is 1. The third-order valence-corrected chi connectivity index (χ3v) is 3.99. The van der Waals surface area contributed by atoms with Gasteiger partial charge in [-0.3, -0.25) is 4.99 Å². The molecule has 0 aliphatic rings. The largest absolute Gasteiger partial charge is 0.505 e. The molecule has 0 bridgehead atoms. The number of terminal acetylenes is 1. The van der Waals surface area contributed by atoms with E-state index in [4.69, 9.17) is 27.1 Å². The van der Waals surface area contributed by atoms with Crippen LogP contribution in [0.25, 0.3) is 0 Å². The Morgan fingerprint density at radius 3 is 2.32 bits per heavy atom. The molecule has 2 unspecified atom stereocenters. The zero-order valence-electron chi connectivity index (χ0n) is 19.2. The van der Waals surface area contributed by atoms with Crippen LogP contribution in [0.15, 0.2) is 4.99 Å². The minimum Gasteiger partial charge on any atom is -0.450 e. The molecule has 0 aliphatic carbocycles. The first-order valence-corrected chi connectivity index (χ1v) is 9.89. The summed E-state index contributed by atoms with van der Waals surface area (Å²) in [5.41, 5.74) is 5.72. The summed E-state index contributed by atoms with van der Waals surface area (Å²) in [7, 11) is 1.52. The predicted octanol–water partition coefficient (Wildman–Crippen LogP) is 3.75. The van der Waals surface area contributed by atoms with E-state index in [0.717, 1.165) is 12.8 Å². The van der Waals surface area contributed by atoms with E-state index < -0.39 is 17.8 Å². The Labute approximate surface area is 183 Å². The number of aliphatic hydroxyl groups excluding tert-OH is 1. The summed E-state index contributed by atoms with van der Waals surface area (Å²) in [6.07, 6.45) is 7.55. The van der Waals surface area contributed by atoms with Crippen molar-refractivity contribution in [2.45, 2.75) is 59.5 Å². The van der Waals surface area contributed by atoms with Crippen molar-refractivity contribution in [1.82, 2.24) is 9.97 Å². The molecular weight excluding hydrogens is 407 g/mol. The number of nitrogen functional groups attached to an aromatic ring is 1. The highest BCUT2D eigenvalue weighted by Gasteiger charge is 2.24. The van der Waals surface area contributed by atoms with Gasteiger partial charge in [0.1, 0.15) is 5.69 Å². The van der Waals surface area contributed by atoms with Gasteiger partial charge in [-0.25, -0.2) is 9.78 Å². The number of halogens is 1. The lowest BCUT2D eigenvalue weighted by molar-refractivity contribution is -0.0125. The van der Waals surface area contributed by atoms with Gasteiger partial charge >= 0.3 is 12.2 Å². The van der Waals surface area contributed by atoms with Crippen molar-refractivity contribution in [2.75, 3.05) is 26.1 Å². The molecule has 0 spiro atoms.